The number of hydrogen-bond donors (Lipinski definition) is 3. The predicted molar refractivity (Wildman–Crippen MR) is 58.4 cm³/mol. The van der Waals surface area contributed by atoms with Crippen LogP contribution in [0.1, 0.15) is 5.82 Å². The summed E-state index contributed by atoms with van der Waals surface area (Å²) in [4.78, 5) is 21.4. The molecule has 0 aliphatic heterocycles. The molecular formula is C8H9ClN6O. The Morgan fingerprint density at radius 1 is 1.44 bits per heavy atom. The van der Waals surface area contributed by atoms with E-state index in [9.17, 15) is 4.79 Å². The van der Waals surface area contributed by atoms with E-state index in [1.54, 1.807) is 0 Å². The van der Waals surface area contributed by atoms with Crippen LogP contribution in [-0.4, -0.2) is 31.7 Å². The lowest BCUT2D eigenvalue weighted by Crippen LogP contribution is -2.13. The zero-order chi connectivity index (χ0) is 11.4. The summed E-state index contributed by atoms with van der Waals surface area (Å²) in [6.07, 6.45) is 3.38. The molecule has 0 saturated heterocycles. The minimum atomic E-state index is -0.362. The van der Waals surface area contributed by atoms with Crippen molar-refractivity contribution in [2.45, 2.75) is 6.42 Å². The van der Waals surface area contributed by atoms with Gasteiger partial charge in [-0.05, 0) is 0 Å². The SMILES string of the molecule is O=c1[nH]cnc(NCCc2ncn[nH]2)c1Cl. The summed E-state index contributed by atoms with van der Waals surface area (Å²) in [5, 5.41) is 9.44. The van der Waals surface area contributed by atoms with Crippen LogP contribution >= 0.6 is 11.6 Å². The summed E-state index contributed by atoms with van der Waals surface area (Å²) in [6.45, 7) is 0.561. The number of hydrogen-bond acceptors (Lipinski definition) is 5. The molecule has 0 aromatic carbocycles. The van der Waals surface area contributed by atoms with Crippen LogP contribution in [0.5, 0.6) is 0 Å². The normalized spacial score (nSPS) is 10.3. The van der Waals surface area contributed by atoms with Crippen molar-refractivity contribution in [3.63, 3.8) is 0 Å². The van der Waals surface area contributed by atoms with Crippen LogP contribution in [0, 0.1) is 0 Å². The number of nitrogens with one attached hydrogen (secondary N) is 3. The minimum Gasteiger partial charge on any atom is -0.368 e. The molecule has 16 heavy (non-hydrogen) atoms. The van der Waals surface area contributed by atoms with Gasteiger partial charge in [-0.15, -0.1) is 0 Å². The van der Waals surface area contributed by atoms with Gasteiger partial charge in [0.15, 0.2) is 5.82 Å². The van der Waals surface area contributed by atoms with Gasteiger partial charge in [0.2, 0.25) is 0 Å². The van der Waals surface area contributed by atoms with Crippen molar-refractivity contribution in [2.24, 2.45) is 0 Å². The lowest BCUT2D eigenvalue weighted by molar-refractivity contribution is 0.895. The van der Waals surface area contributed by atoms with E-state index in [0.29, 0.717) is 18.8 Å². The van der Waals surface area contributed by atoms with E-state index in [-0.39, 0.29) is 10.6 Å². The Bertz CT molecular complexity index is 507. The molecule has 0 fully saturated rings. The zero-order valence-electron chi connectivity index (χ0n) is 8.20. The third-order valence-electron chi connectivity index (χ3n) is 1.92. The highest BCUT2D eigenvalue weighted by Gasteiger charge is 2.04. The largest absolute Gasteiger partial charge is 0.368 e. The van der Waals surface area contributed by atoms with E-state index in [1.165, 1.54) is 12.7 Å². The third-order valence-corrected chi connectivity index (χ3v) is 2.27. The van der Waals surface area contributed by atoms with E-state index in [4.69, 9.17) is 11.6 Å². The lowest BCUT2D eigenvalue weighted by Gasteiger charge is -2.04. The smallest absolute Gasteiger partial charge is 0.271 e. The molecule has 0 bridgehead atoms. The Morgan fingerprint density at radius 2 is 2.31 bits per heavy atom. The third kappa shape index (κ3) is 2.37. The number of anilines is 1. The first-order chi connectivity index (χ1) is 7.77. The summed E-state index contributed by atoms with van der Waals surface area (Å²) in [7, 11) is 0. The maximum atomic E-state index is 11.1. The second kappa shape index (κ2) is 4.75. The molecule has 2 rings (SSSR count). The van der Waals surface area contributed by atoms with Crippen molar-refractivity contribution in [3.8, 4) is 0 Å². The van der Waals surface area contributed by atoms with Gasteiger partial charge >= 0.3 is 0 Å². The Kier molecular flexibility index (Phi) is 3.16. The number of halogens is 1. The van der Waals surface area contributed by atoms with Gasteiger partial charge in [-0.1, -0.05) is 11.6 Å². The van der Waals surface area contributed by atoms with Gasteiger partial charge in [-0.2, -0.15) is 5.10 Å². The number of rotatable bonds is 4. The molecule has 0 aliphatic rings. The first kappa shape index (κ1) is 10.6. The Balaban J connectivity index is 1.95. The van der Waals surface area contributed by atoms with Crippen LogP contribution in [0.25, 0.3) is 0 Å². The van der Waals surface area contributed by atoms with Gasteiger partial charge in [-0.25, -0.2) is 9.97 Å². The number of H-pyrrole nitrogens is 2. The molecular weight excluding hydrogens is 232 g/mol. The van der Waals surface area contributed by atoms with Gasteiger partial charge in [-0.3, -0.25) is 9.89 Å². The van der Waals surface area contributed by atoms with Crippen molar-refractivity contribution in [3.05, 3.63) is 33.9 Å². The van der Waals surface area contributed by atoms with E-state index in [2.05, 4.69) is 30.5 Å². The van der Waals surface area contributed by atoms with Crippen LogP contribution < -0.4 is 10.9 Å². The molecule has 7 nitrogen and oxygen atoms in total. The standard InChI is InChI=1S/C8H9ClN6O/c9-6-7(12-3-13-8(6)16)10-2-1-5-11-4-14-15-5/h3-4H,1-2H2,(H,11,14,15)(H2,10,12,13,16). The predicted octanol–water partition coefficient (Wildman–Crippen LogP) is 0.196. The van der Waals surface area contributed by atoms with Gasteiger partial charge in [0.25, 0.3) is 5.56 Å². The zero-order valence-corrected chi connectivity index (χ0v) is 8.95. The fourth-order valence-corrected chi connectivity index (χ4v) is 1.33. The molecule has 2 heterocycles. The highest BCUT2D eigenvalue weighted by molar-refractivity contribution is 6.32. The van der Waals surface area contributed by atoms with E-state index < -0.39 is 0 Å². The molecule has 0 saturated carbocycles. The average Bonchev–Trinajstić information content (AvgIpc) is 2.77. The fraction of sp³-hybridized carbons (Fsp3) is 0.250. The maximum Gasteiger partial charge on any atom is 0.271 e. The Hall–Kier alpha value is -1.89. The highest BCUT2D eigenvalue weighted by Crippen LogP contribution is 2.11. The van der Waals surface area contributed by atoms with E-state index in [1.807, 2.05) is 0 Å². The van der Waals surface area contributed by atoms with Gasteiger partial charge in [0.1, 0.15) is 17.2 Å². The Labute approximate surface area is 95.3 Å². The molecule has 2 aromatic heterocycles. The highest BCUT2D eigenvalue weighted by atomic mass is 35.5. The maximum absolute atomic E-state index is 11.1. The average molecular weight is 241 g/mol. The van der Waals surface area contributed by atoms with Crippen molar-refractivity contribution in [2.75, 3.05) is 11.9 Å². The quantitative estimate of drug-likeness (QED) is 0.709. The molecule has 3 N–H and O–H groups in total. The van der Waals surface area contributed by atoms with Crippen LogP contribution in [0.4, 0.5) is 5.82 Å². The van der Waals surface area contributed by atoms with Gasteiger partial charge in [0, 0.05) is 13.0 Å². The molecule has 0 atom stereocenters. The van der Waals surface area contributed by atoms with Gasteiger partial charge in [0.05, 0.1) is 6.33 Å². The molecule has 0 spiro atoms. The minimum absolute atomic E-state index is 0.0556. The number of nitrogens with zero attached hydrogens (tertiary/aromatic N) is 3. The van der Waals surface area contributed by atoms with E-state index in [0.717, 1.165) is 5.82 Å². The molecule has 8 heteroatoms. The van der Waals surface area contributed by atoms with Crippen LogP contribution in [0.2, 0.25) is 5.02 Å². The molecule has 0 aliphatic carbocycles. The summed E-state index contributed by atoms with van der Waals surface area (Å²) < 4.78 is 0. The molecule has 2 aromatic rings. The van der Waals surface area contributed by atoms with Crippen LogP contribution in [0.15, 0.2) is 17.4 Å². The first-order valence-electron chi connectivity index (χ1n) is 4.58. The topological polar surface area (TPSA) is 99.3 Å². The van der Waals surface area contributed by atoms with Crippen molar-refractivity contribution in [1.29, 1.82) is 0 Å². The summed E-state index contributed by atoms with van der Waals surface area (Å²) in [6, 6.07) is 0. The molecule has 0 amide bonds. The lowest BCUT2D eigenvalue weighted by atomic mass is 10.4. The number of aromatic nitrogens is 5. The molecule has 0 radical (unpaired) electrons. The van der Waals surface area contributed by atoms with Crippen molar-refractivity contribution in [1.82, 2.24) is 25.1 Å². The second-order valence-corrected chi connectivity index (χ2v) is 3.38. The summed E-state index contributed by atoms with van der Waals surface area (Å²) >= 11 is 5.75. The van der Waals surface area contributed by atoms with Crippen molar-refractivity contribution >= 4 is 17.4 Å². The molecule has 84 valence electrons. The van der Waals surface area contributed by atoms with Crippen molar-refractivity contribution < 1.29 is 0 Å². The number of aromatic amines is 2. The second-order valence-electron chi connectivity index (χ2n) is 3.00. The van der Waals surface area contributed by atoms with E-state index >= 15 is 0 Å². The summed E-state index contributed by atoms with van der Waals surface area (Å²) in [5.74, 6) is 1.12. The first-order valence-corrected chi connectivity index (χ1v) is 4.96. The summed E-state index contributed by atoms with van der Waals surface area (Å²) in [5.41, 5.74) is -0.362. The van der Waals surface area contributed by atoms with Gasteiger partial charge < -0.3 is 10.3 Å². The Morgan fingerprint density at radius 3 is 3.06 bits per heavy atom. The fourth-order valence-electron chi connectivity index (χ4n) is 1.16. The monoisotopic (exact) mass is 240 g/mol. The van der Waals surface area contributed by atoms with Crippen LogP contribution in [-0.2, 0) is 6.42 Å². The molecule has 0 unspecified atom stereocenters. The van der Waals surface area contributed by atoms with Crippen LogP contribution in [0.3, 0.4) is 0 Å².